The van der Waals surface area contributed by atoms with E-state index in [9.17, 15) is 0 Å². The number of allylic oxidation sites excluding steroid dienone is 2. The van der Waals surface area contributed by atoms with Crippen LogP contribution in [0.15, 0.2) is 96.1 Å². The van der Waals surface area contributed by atoms with Gasteiger partial charge >= 0.3 is 263 Å². The standard InChI is InChI=1S/C19H19.C17H15.C2H7Si.2ClH.Zr/c1-13(2)16-11-18-14(3)9-10-17(19(18)12-16)15-7-5-4-6-8-15;1-12-10-16-13(2)8-9-15(17(16)11-12)14-6-4-3-5-7-14;1-3-2;;;/h4-13H,1-3H3;3-11H,1-2H3;3H,1-2H3;2*1H;/q;;;;;+2/p-2. The Hall–Kier alpha value is -1.96. The summed E-state index contributed by atoms with van der Waals surface area (Å²) in [7, 11) is 17.3. The molecule has 0 radical (unpaired) electrons. The Morgan fingerprint density at radius 1 is 0.619 bits per heavy atom. The third kappa shape index (κ3) is 4.47. The summed E-state index contributed by atoms with van der Waals surface area (Å²) in [5.41, 5.74) is 15.9. The van der Waals surface area contributed by atoms with Crippen LogP contribution in [-0.4, -0.2) is 5.92 Å². The monoisotopic (exact) mass is 685 g/mol. The van der Waals surface area contributed by atoms with E-state index < -0.39 is 21.5 Å². The molecule has 2 aliphatic rings. The molecular weight excluding hydrogens is 647 g/mol. The molecule has 0 heterocycles. The van der Waals surface area contributed by atoms with Crippen LogP contribution in [0.2, 0.25) is 13.1 Å². The molecule has 2 atom stereocenters. The molecule has 4 heteroatoms. The molecule has 0 bridgehead atoms. The molecule has 0 nitrogen and oxygen atoms in total. The second-order valence-electron chi connectivity index (χ2n) is 13.2. The van der Waals surface area contributed by atoms with E-state index in [0.717, 1.165) is 0 Å². The van der Waals surface area contributed by atoms with Crippen LogP contribution in [0, 0.1) is 19.8 Å². The summed E-state index contributed by atoms with van der Waals surface area (Å²) < 4.78 is 0.192. The minimum atomic E-state index is -4.81. The predicted octanol–water partition coefficient (Wildman–Crippen LogP) is 11.9. The molecule has 0 aliphatic heterocycles. The van der Waals surface area contributed by atoms with Crippen LogP contribution in [0.1, 0.15) is 61.4 Å². The van der Waals surface area contributed by atoms with Crippen LogP contribution in [-0.2, 0) is 15.6 Å². The molecule has 2 aliphatic carbocycles. The van der Waals surface area contributed by atoms with E-state index in [1.165, 1.54) is 66.8 Å². The summed E-state index contributed by atoms with van der Waals surface area (Å²) in [5.74, 6) is -1.27. The van der Waals surface area contributed by atoms with Gasteiger partial charge in [-0.3, -0.25) is 0 Å². The summed E-state index contributed by atoms with van der Waals surface area (Å²) in [4.78, 5) is 0. The molecule has 0 amide bonds. The van der Waals surface area contributed by atoms with Crippen molar-refractivity contribution >= 4 is 35.1 Å². The maximum atomic E-state index is 8.63. The van der Waals surface area contributed by atoms with Gasteiger partial charge in [-0.1, -0.05) is 0 Å². The molecular formula is C38H41Cl2SiZr. The zero-order chi connectivity index (χ0) is 30.0. The zero-order valence-corrected chi connectivity index (χ0v) is 30.9. The number of halogens is 2. The van der Waals surface area contributed by atoms with Crippen molar-refractivity contribution in [3.63, 3.8) is 0 Å². The Bertz CT molecular complexity index is 1750. The van der Waals surface area contributed by atoms with Gasteiger partial charge in [-0.15, -0.1) is 0 Å². The second kappa shape index (κ2) is 10.9. The molecule has 0 saturated carbocycles. The SMILES string of the molecule is CC1=Cc2c(-c3ccccc3)ccc(C)c2[CH]1[Zr]([Cl])([Cl])([CH]1C(C(C)C)=Cc2c(-c3ccccc3)ccc(C)c21)[SiH](C)C. The first-order valence-electron chi connectivity index (χ1n) is 15.3. The van der Waals surface area contributed by atoms with Gasteiger partial charge in [0.15, 0.2) is 0 Å². The van der Waals surface area contributed by atoms with Crippen molar-refractivity contribution in [1.29, 1.82) is 0 Å². The Morgan fingerprint density at radius 3 is 1.52 bits per heavy atom. The number of aryl methyl sites for hydroxylation is 2. The quantitative estimate of drug-likeness (QED) is 0.177. The molecule has 6 rings (SSSR count). The summed E-state index contributed by atoms with van der Waals surface area (Å²) in [6.07, 6.45) is 4.91. The molecule has 2 unspecified atom stereocenters. The van der Waals surface area contributed by atoms with Gasteiger partial charge in [0.05, 0.1) is 0 Å². The van der Waals surface area contributed by atoms with Gasteiger partial charge in [0.25, 0.3) is 0 Å². The average Bonchev–Trinajstić information content (AvgIpc) is 3.56. The average molecular weight is 688 g/mol. The summed E-state index contributed by atoms with van der Waals surface area (Å²) in [6.45, 7) is 16.4. The van der Waals surface area contributed by atoms with Crippen LogP contribution >= 0.6 is 17.0 Å². The zero-order valence-electron chi connectivity index (χ0n) is 25.8. The third-order valence-corrected chi connectivity index (χ3v) is 62.0. The van der Waals surface area contributed by atoms with Crippen molar-refractivity contribution in [3.8, 4) is 22.3 Å². The molecule has 0 aromatic heterocycles. The first kappa shape index (κ1) is 30.1. The van der Waals surface area contributed by atoms with Gasteiger partial charge in [0.1, 0.15) is 0 Å². The first-order valence-corrected chi connectivity index (χ1v) is 31.6. The van der Waals surface area contributed by atoms with E-state index in [1.807, 2.05) is 0 Å². The number of rotatable bonds is 6. The molecule has 0 N–H and O–H groups in total. The van der Waals surface area contributed by atoms with Crippen LogP contribution in [0.5, 0.6) is 0 Å². The molecule has 4 aromatic rings. The Kier molecular flexibility index (Phi) is 7.80. The molecule has 0 saturated heterocycles. The molecule has 0 spiro atoms. The van der Waals surface area contributed by atoms with Gasteiger partial charge in [-0.05, 0) is 0 Å². The topological polar surface area (TPSA) is 0 Å². The van der Waals surface area contributed by atoms with Crippen molar-refractivity contribution in [1.82, 2.24) is 0 Å². The summed E-state index contributed by atoms with van der Waals surface area (Å²) in [5, 5.41) is 0. The minimum absolute atomic E-state index is 0.0954. The van der Waals surface area contributed by atoms with Crippen molar-refractivity contribution in [3.05, 3.63) is 129 Å². The predicted molar refractivity (Wildman–Crippen MR) is 186 cm³/mol. The maximum absolute atomic E-state index is 8.63. The van der Waals surface area contributed by atoms with Crippen molar-refractivity contribution < 1.29 is 15.6 Å². The Morgan fingerprint density at radius 2 is 1.07 bits per heavy atom. The van der Waals surface area contributed by atoms with E-state index in [1.54, 1.807) is 0 Å². The van der Waals surface area contributed by atoms with E-state index in [-0.39, 0.29) is 7.25 Å². The Labute approximate surface area is 261 Å². The van der Waals surface area contributed by atoms with E-state index in [4.69, 9.17) is 17.0 Å². The van der Waals surface area contributed by atoms with E-state index >= 15 is 0 Å². The Balaban J connectivity index is 1.64. The molecule has 42 heavy (non-hydrogen) atoms. The van der Waals surface area contributed by atoms with E-state index in [2.05, 4.69) is 145 Å². The van der Waals surface area contributed by atoms with Gasteiger partial charge < -0.3 is 0 Å². The second-order valence-corrected chi connectivity index (χ2v) is 55.7. The van der Waals surface area contributed by atoms with Crippen molar-refractivity contribution in [2.24, 2.45) is 5.92 Å². The number of fused-ring (bicyclic) bond motifs is 2. The molecule has 215 valence electrons. The fourth-order valence-electron chi connectivity index (χ4n) is 7.90. The number of benzene rings is 4. The first-order chi connectivity index (χ1) is 19.9. The van der Waals surface area contributed by atoms with E-state index in [0.29, 0.717) is 5.92 Å². The molecule has 0 fully saturated rings. The third-order valence-electron chi connectivity index (χ3n) is 10.1. The van der Waals surface area contributed by atoms with Gasteiger partial charge in [-0.25, -0.2) is 0 Å². The fraction of sp³-hybridized carbons (Fsp3) is 0.263. The number of hydrogen-bond donors (Lipinski definition) is 0. The van der Waals surface area contributed by atoms with Gasteiger partial charge in [0, 0.05) is 0 Å². The van der Waals surface area contributed by atoms with Gasteiger partial charge in [-0.2, -0.15) is 0 Å². The van der Waals surface area contributed by atoms with Crippen LogP contribution < -0.4 is 0 Å². The molecule has 4 aromatic carbocycles. The van der Waals surface area contributed by atoms with Crippen LogP contribution in [0.25, 0.3) is 34.4 Å². The van der Waals surface area contributed by atoms with Crippen LogP contribution in [0.4, 0.5) is 0 Å². The fourth-order valence-corrected chi connectivity index (χ4v) is 40.2. The summed E-state index contributed by atoms with van der Waals surface area (Å²) in [6, 6.07) is 30.8. The van der Waals surface area contributed by atoms with Gasteiger partial charge in [0.2, 0.25) is 0 Å². The number of hydrogen-bond acceptors (Lipinski definition) is 0. The van der Waals surface area contributed by atoms with Crippen molar-refractivity contribution in [2.45, 2.75) is 55.0 Å². The normalized spacial score (nSPS) is 18.9. The summed E-state index contributed by atoms with van der Waals surface area (Å²) >= 11 is -4.81. The van der Waals surface area contributed by atoms with Crippen molar-refractivity contribution in [2.75, 3.05) is 0 Å². The van der Waals surface area contributed by atoms with Crippen LogP contribution in [0.3, 0.4) is 0 Å².